The average molecular weight is 189 g/mol. The molecule has 1 aromatic heterocycles. The number of nitrogens with zero attached hydrogens (tertiary/aromatic N) is 1. The summed E-state index contributed by atoms with van der Waals surface area (Å²) < 4.78 is 2.23. The zero-order valence-corrected chi connectivity index (χ0v) is 8.78. The van der Waals surface area contributed by atoms with Crippen molar-refractivity contribution in [1.29, 1.82) is 0 Å². The van der Waals surface area contributed by atoms with E-state index in [-0.39, 0.29) is 0 Å². The van der Waals surface area contributed by atoms with Gasteiger partial charge in [0.05, 0.1) is 5.52 Å². The Morgan fingerprint density at radius 1 is 1.29 bits per heavy atom. The normalized spacial score (nSPS) is 11.4. The van der Waals surface area contributed by atoms with Crippen molar-refractivity contribution in [1.82, 2.24) is 4.57 Å². The van der Waals surface area contributed by atoms with E-state index in [4.69, 9.17) is 0 Å². The van der Waals surface area contributed by atoms with Crippen molar-refractivity contribution >= 4 is 10.9 Å². The van der Waals surface area contributed by atoms with Crippen LogP contribution in [0.15, 0.2) is 24.3 Å². The first-order chi connectivity index (χ1) is 6.61. The van der Waals surface area contributed by atoms with Gasteiger partial charge in [-0.25, -0.2) is 0 Å². The highest BCUT2D eigenvalue weighted by Gasteiger charge is 2.09. The van der Waals surface area contributed by atoms with Gasteiger partial charge in [0.1, 0.15) is 5.75 Å². The minimum absolute atomic E-state index is 0.366. The maximum atomic E-state index is 9.68. The monoisotopic (exact) mass is 189 g/mol. The van der Waals surface area contributed by atoms with Crippen LogP contribution in [0.3, 0.4) is 0 Å². The van der Waals surface area contributed by atoms with Crippen molar-refractivity contribution in [2.24, 2.45) is 0 Å². The van der Waals surface area contributed by atoms with E-state index < -0.39 is 0 Å². The molecule has 2 heteroatoms. The van der Waals surface area contributed by atoms with Gasteiger partial charge >= 0.3 is 0 Å². The molecule has 0 radical (unpaired) electrons. The highest BCUT2D eigenvalue weighted by molar-refractivity contribution is 5.87. The van der Waals surface area contributed by atoms with Crippen LogP contribution < -0.4 is 0 Å². The van der Waals surface area contributed by atoms with Crippen LogP contribution in [0, 0.1) is 6.92 Å². The minimum atomic E-state index is 0.366. The zero-order chi connectivity index (χ0) is 10.3. The fourth-order valence-electron chi connectivity index (χ4n) is 2.05. The van der Waals surface area contributed by atoms with E-state index >= 15 is 0 Å². The second-order valence-electron chi connectivity index (χ2n) is 3.96. The Kier molecular flexibility index (Phi) is 1.99. The van der Waals surface area contributed by atoms with Crippen LogP contribution in [0.25, 0.3) is 10.9 Å². The molecule has 0 atom stereocenters. The molecule has 0 saturated carbocycles. The van der Waals surface area contributed by atoms with Gasteiger partial charge in [0.2, 0.25) is 0 Å². The second kappa shape index (κ2) is 3.05. The second-order valence-corrected chi connectivity index (χ2v) is 3.96. The van der Waals surface area contributed by atoms with Crippen molar-refractivity contribution in [2.45, 2.75) is 26.8 Å². The first-order valence-electron chi connectivity index (χ1n) is 4.91. The van der Waals surface area contributed by atoms with Crippen molar-refractivity contribution in [3.8, 4) is 5.75 Å². The van der Waals surface area contributed by atoms with Crippen molar-refractivity contribution in [2.75, 3.05) is 0 Å². The SMILES string of the molecule is Cc1cc2c(O)cccc2n1C(C)C. The van der Waals surface area contributed by atoms with Crippen molar-refractivity contribution in [3.63, 3.8) is 0 Å². The van der Waals surface area contributed by atoms with E-state index in [1.807, 2.05) is 18.2 Å². The molecular formula is C12H15NO. The largest absolute Gasteiger partial charge is 0.507 e. The third-order valence-electron chi connectivity index (χ3n) is 2.57. The Balaban J connectivity index is 2.83. The summed E-state index contributed by atoms with van der Waals surface area (Å²) in [7, 11) is 0. The molecule has 0 unspecified atom stereocenters. The molecule has 0 aliphatic carbocycles. The summed E-state index contributed by atoms with van der Waals surface area (Å²) in [6.45, 7) is 6.37. The van der Waals surface area contributed by atoms with E-state index in [9.17, 15) is 5.11 Å². The van der Waals surface area contributed by atoms with E-state index in [2.05, 4.69) is 25.3 Å². The molecule has 0 fully saturated rings. The highest BCUT2D eigenvalue weighted by atomic mass is 16.3. The third-order valence-corrected chi connectivity index (χ3v) is 2.57. The van der Waals surface area contributed by atoms with Gasteiger partial charge in [-0.1, -0.05) is 6.07 Å². The number of fused-ring (bicyclic) bond motifs is 1. The molecule has 0 amide bonds. The van der Waals surface area contributed by atoms with E-state index in [0.717, 1.165) is 10.9 Å². The Hall–Kier alpha value is -1.44. The molecule has 1 aromatic carbocycles. The minimum Gasteiger partial charge on any atom is -0.507 e. The van der Waals surface area contributed by atoms with Crippen LogP contribution in [0.2, 0.25) is 0 Å². The molecule has 0 spiro atoms. The lowest BCUT2D eigenvalue weighted by Crippen LogP contribution is -2.01. The van der Waals surface area contributed by atoms with Gasteiger partial charge in [0, 0.05) is 17.1 Å². The Morgan fingerprint density at radius 2 is 2.00 bits per heavy atom. The van der Waals surface area contributed by atoms with Gasteiger partial charge in [0.25, 0.3) is 0 Å². The molecule has 2 rings (SSSR count). The molecular weight excluding hydrogens is 174 g/mol. The van der Waals surface area contributed by atoms with Crippen LogP contribution in [0.5, 0.6) is 5.75 Å². The first-order valence-corrected chi connectivity index (χ1v) is 4.91. The number of rotatable bonds is 1. The van der Waals surface area contributed by atoms with E-state index in [1.54, 1.807) is 6.07 Å². The average Bonchev–Trinajstić information content (AvgIpc) is 2.42. The van der Waals surface area contributed by atoms with Crippen molar-refractivity contribution < 1.29 is 5.11 Å². The summed E-state index contributed by atoms with van der Waals surface area (Å²) in [6, 6.07) is 8.11. The molecule has 0 saturated heterocycles. The maximum Gasteiger partial charge on any atom is 0.124 e. The number of phenolic OH excluding ortho intramolecular Hbond substituents is 1. The van der Waals surface area contributed by atoms with Gasteiger partial charge in [-0.05, 0) is 39.0 Å². The molecule has 1 heterocycles. The summed E-state index contributed by atoms with van der Waals surface area (Å²) in [5.74, 6) is 0.366. The number of phenols is 1. The molecule has 0 bridgehead atoms. The Bertz CT molecular complexity index is 468. The number of aryl methyl sites for hydroxylation is 1. The predicted molar refractivity (Wildman–Crippen MR) is 58.7 cm³/mol. The van der Waals surface area contributed by atoms with Crippen LogP contribution in [0.4, 0.5) is 0 Å². The number of aromatic nitrogens is 1. The van der Waals surface area contributed by atoms with E-state index in [1.165, 1.54) is 5.69 Å². The Labute approximate surface area is 83.8 Å². The molecule has 14 heavy (non-hydrogen) atoms. The summed E-state index contributed by atoms with van der Waals surface area (Å²) in [4.78, 5) is 0. The van der Waals surface area contributed by atoms with Crippen LogP contribution >= 0.6 is 0 Å². The van der Waals surface area contributed by atoms with Gasteiger partial charge in [-0.2, -0.15) is 0 Å². The van der Waals surface area contributed by atoms with Gasteiger partial charge in [-0.3, -0.25) is 0 Å². The van der Waals surface area contributed by atoms with Gasteiger partial charge in [0.15, 0.2) is 0 Å². The standard InChI is InChI=1S/C12H15NO/c1-8(2)13-9(3)7-10-11(13)5-4-6-12(10)14/h4-8,14H,1-3H3. The first kappa shape index (κ1) is 9.13. The topological polar surface area (TPSA) is 25.2 Å². The number of hydrogen-bond donors (Lipinski definition) is 1. The number of benzene rings is 1. The maximum absolute atomic E-state index is 9.68. The number of hydrogen-bond acceptors (Lipinski definition) is 1. The molecule has 1 N–H and O–H groups in total. The summed E-state index contributed by atoms with van der Waals surface area (Å²) in [5, 5.41) is 10.6. The quantitative estimate of drug-likeness (QED) is 0.732. The lowest BCUT2D eigenvalue weighted by atomic mass is 10.2. The highest BCUT2D eigenvalue weighted by Crippen LogP contribution is 2.29. The zero-order valence-electron chi connectivity index (χ0n) is 8.78. The molecule has 0 aliphatic heterocycles. The Morgan fingerprint density at radius 3 is 2.64 bits per heavy atom. The molecule has 0 aliphatic rings. The molecule has 2 aromatic rings. The predicted octanol–water partition coefficient (Wildman–Crippen LogP) is 3.24. The lowest BCUT2D eigenvalue weighted by molar-refractivity contribution is 0.481. The summed E-state index contributed by atoms with van der Waals surface area (Å²) >= 11 is 0. The van der Waals surface area contributed by atoms with Gasteiger partial charge < -0.3 is 9.67 Å². The van der Waals surface area contributed by atoms with Crippen LogP contribution in [-0.2, 0) is 0 Å². The smallest absolute Gasteiger partial charge is 0.124 e. The van der Waals surface area contributed by atoms with Crippen LogP contribution in [0.1, 0.15) is 25.6 Å². The summed E-state index contributed by atoms with van der Waals surface area (Å²) in [6.07, 6.45) is 0. The molecule has 74 valence electrons. The fraction of sp³-hybridized carbons (Fsp3) is 0.333. The molecule has 2 nitrogen and oxygen atoms in total. The third kappa shape index (κ3) is 1.18. The summed E-state index contributed by atoms with van der Waals surface area (Å²) in [5.41, 5.74) is 2.30. The number of aromatic hydroxyl groups is 1. The fourth-order valence-corrected chi connectivity index (χ4v) is 2.05. The van der Waals surface area contributed by atoms with E-state index in [0.29, 0.717) is 11.8 Å². The van der Waals surface area contributed by atoms with Gasteiger partial charge in [-0.15, -0.1) is 0 Å². The van der Waals surface area contributed by atoms with Crippen LogP contribution in [-0.4, -0.2) is 9.67 Å². The lowest BCUT2D eigenvalue weighted by Gasteiger charge is -2.12. The van der Waals surface area contributed by atoms with Crippen molar-refractivity contribution in [3.05, 3.63) is 30.0 Å².